The van der Waals surface area contributed by atoms with Crippen LogP contribution in [0.25, 0.3) is 22.2 Å². The summed E-state index contributed by atoms with van der Waals surface area (Å²) in [4.78, 5) is 0.950. The van der Waals surface area contributed by atoms with Crippen LogP contribution in [-0.4, -0.2) is 20.4 Å². The maximum atomic E-state index is 5.75. The summed E-state index contributed by atoms with van der Waals surface area (Å²) in [5.41, 5.74) is 0.895. The highest BCUT2D eigenvalue weighted by molar-refractivity contribution is 7.99. The van der Waals surface area contributed by atoms with Crippen molar-refractivity contribution in [1.82, 2.24) is 20.4 Å². The van der Waals surface area contributed by atoms with Gasteiger partial charge in [0.2, 0.25) is 11.8 Å². The van der Waals surface area contributed by atoms with Crippen molar-refractivity contribution in [2.75, 3.05) is 0 Å². The molecule has 3 aromatic heterocycles. The number of thiophene rings is 1. The number of thioether (sulfide) groups is 1. The Hall–Kier alpha value is -2.45. The molecule has 8 heteroatoms. The SMILES string of the molecule is CC(Sc1nnc(-c2cccs2)o1)c1nnc(-c2ccccc2)o1. The molecule has 0 saturated carbocycles. The topological polar surface area (TPSA) is 77.8 Å². The van der Waals surface area contributed by atoms with Crippen molar-refractivity contribution in [1.29, 1.82) is 0 Å². The van der Waals surface area contributed by atoms with Gasteiger partial charge < -0.3 is 8.83 Å². The van der Waals surface area contributed by atoms with E-state index in [1.165, 1.54) is 11.8 Å². The fraction of sp³-hybridized carbons (Fsp3) is 0.125. The van der Waals surface area contributed by atoms with E-state index in [0.29, 0.717) is 22.9 Å². The lowest BCUT2D eigenvalue weighted by Gasteiger charge is -2.01. The zero-order valence-corrected chi connectivity index (χ0v) is 14.3. The Morgan fingerprint density at radius 2 is 1.75 bits per heavy atom. The van der Waals surface area contributed by atoms with Gasteiger partial charge in [0.05, 0.1) is 10.1 Å². The fourth-order valence-electron chi connectivity index (χ4n) is 2.06. The van der Waals surface area contributed by atoms with Gasteiger partial charge >= 0.3 is 0 Å². The van der Waals surface area contributed by atoms with Crippen molar-refractivity contribution in [3.05, 3.63) is 53.7 Å². The molecule has 1 atom stereocenters. The molecule has 1 unspecified atom stereocenters. The van der Waals surface area contributed by atoms with E-state index in [9.17, 15) is 0 Å². The van der Waals surface area contributed by atoms with Crippen molar-refractivity contribution in [3.8, 4) is 22.2 Å². The van der Waals surface area contributed by atoms with Crippen LogP contribution < -0.4 is 0 Å². The molecule has 3 heterocycles. The molecule has 0 aliphatic heterocycles. The average molecular weight is 356 g/mol. The molecule has 0 aliphatic rings. The minimum Gasteiger partial charge on any atom is -0.419 e. The molecule has 24 heavy (non-hydrogen) atoms. The molecule has 0 saturated heterocycles. The molecule has 4 rings (SSSR count). The maximum absolute atomic E-state index is 5.75. The van der Waals surface area contributed by atoms with Gasteiger partial charge in [0, 0.05) is 5.56 Å². The molecule has 0 spiro atoms. The smallest absolute Gasteiger partial charge is 0.277 e. The minimum absolute atomic E-state index is 0.0911. The second-order valence-corrected chi connectivity index (χ2v) is 7.16. The van der Waals surface area contributed by atoms with Gasteiger partial charge in [0.15, 0.2) is 0 Å². The van der Waals surface area contributed by atoms with Gasteiger partial charge in [0.25, 0.3) is 11.1 Å². The van der Waals surface area contributed by atoms with Crippen LogP contribution in [-0.2, 0) is 0 Å². The summed E-state index contributed by atoms with van der Waals surface area (Å²) >= 11 is 2.95. The molecule has 0 radical (unpaired) electrons. The first-order valence-electron chi connectivity index (χ1n) is 7.22. The number of nitrogens with zero attached hydrogens (tertiary/aromatic N) is 4. The fourth-order valence-corrected chi connectivity index (χ4v) is 3.41. The van der Waals surface area contributed by atoms with Crippen LogP contribution in [0.15, 0.2) is 61.9 Å². The number of hydrogen-bond acceptors (Lipinski definition) is 8. The first kappa shape index (κ1) is 15.1. The van der Waals surface area contributed by atoms with Crippen LogP contribution in [0.4, 0.5) is 0 Å². The molecular formula is C16H12N4O2S2. The number of hydrogen-bond donors (Lipinski definition) is 0. The molecule has 6 nitrogen and oxygen atoms in total. The Labute approximate surface area is 146 Å². The van der Waals surface area contributed by atoms with Crippen LogP contribution in [0.1, 0.15) is 18.1 Å². The van der Waals surface area contributed by atoms with E-state index < -0.39 is 0 Å². The average Bonchev–Trinajstić information content (AvgIpc) is 3.36. The van der Waals surface area contributed by atoms with E-state index in [0.717, 1.165) is 10.4 Å². The summed E-state index contributed by atoms with van der Waals surface area (Å²) in [7, 11) is 0. The van der Waals surface area contributed by atoms with Gasteiger partial charge in [-0.05, 0) is 30.5 Å². The monoisotopic (exact) mass is 356 g/mol. The quantitative estimate of drug-likeness (QED) is 0.479. The second-order valence-electron chi connectivity index (χ2n) is 4.92. The molecule has 0 bridgehead atoms. The van der Waals surface area contributed by atoms with Gasteiger partial charge in [-0.1, -0.05) is 36.0 Å². The van der Waals surface area contributed by atoms with E-state index in [4.69, 9.17) is 8.83 Å². The summed E-state index contributed by atoms with van der Waals surface area (Å²) in [5, 5.41) is 18.7. The minimum atomic E-state index is -0.0911. The third-order valence-electron chi connectivity index (χ3n) is 3.23. The van der Waals surface area contributed by atoms with Gasteiger partial charge in [-0.2, -0.15) is 0 Å². The van der Waals surface area contributed by atoms with Crippen LogP contribution >= 0.6 is 23.1 Å². The first-order valence-corrected chi connectivity index (χ1v) is 8.98. The Morgan fingerprint density at radius 3 is 2.54 bits per heavy atom. The predicted octanol–water partition coefficient (Wildman–Crippen LogP) is 4.70. The van der Waals surface area contributed by atoms with Crippen molar-refractivity contribution in [3.63, 3.8) is 0 Å². The van der Waals surface area contributed by atoms with Crippen molar-refractivity contribution >= 4 is 23.1 Å². The molecule has 0 aliphatic carbocycles. The molecule has 4 aromatic rings. The zero-order chi connectivity index (χ0) is 16.4. The van der Waals surface area contributed by atoms with Crippen LogP contribution in [0.2, 0.25) is 0 Å². The van der Waals surface area contributed by atoms with E-state index in [2.05, 4.69) is 20.4 Å². The summed E-state index contributed by atoms with van der Waals surface area (Å²) in [6.45, 7) is 1.96. The molecule has 0 fully saturated rings. The number of rotatable bonds is 5. The van der Waals surface area contributed by atoms with E-state index >= 15 is 0 Å². The van der Waals surface area contributed by atoms with Crippen LogP contribution in [0, 0.1) is 0 Å². The Balaban J connectivity index is 1.49. The van der Waals surface area contributed by atoms with Crippen molar-refractivity contribution in [2.45, 2.75) is 17.4 Å². The largest absolute Gasteiger partial charge is 0.419 e. The van der Waals surface area contributed by atoms with Crippen LogP contribution in [0.5, 0.6) is 0 Å². The normalized spacial score (nSPS) is 12.4. The zero-order valence-electron chi connectivity index (χ0n) is 12.6. The predicted molar refractivity (Wildman–Crippen MR) is 91.6 cm³/mol. The van der Waals surface area contributed by atoms with Gasteiger partial charge in [-0.3, -0.25) is 0 Å². The third kappa shape index (κ3) is 3.10. The lowest BCUT2D eigenvalue weighted by molar-refractivity contribution is 0.462. The summed E-state index contributed by atoms with van der Waals surface area (Å²) in [6.07, 6.45) is 0. The van der Waals surface area contributed by atoms with E-state index in [1.54, 1.807) is 11.3 Å². The molecular weight excluding hydrogens is 344 g/mol. The Kier molecular flexibility index (Phi) is 4.14. The highest BCUT2D eigenvalue weighted by Gasteiger charge is 2.20. The molecule has 120 valence electrons. The third-order valence-corrected chi connectivity index (χ3v) is 5.00. The van der Waals surface area contributed by atoms with Crippen molar-refractivity contribution in [2.24, 2.45) is 0 Å². The molecule has 1 aromatic carbocycles. The lowest BCUT2D eigenvalue weighted by atomic mass is 10.2. The summed E-state index contributed by atoms with van der Waals surface area (Å²) in [6, 6.07) is 13.6. The van der Waals surface area contributed by atoms with E-state index in [-0.39, 0.29) is 5.25 Å². The van der Waals surface area contributed by atoms with Crippen molar-refractivity contribution < 1.29 is 8.83 Å². The van der Waals surface area contributed by atoms with Gasteiger partial charge in [-0.25, -0.2) is 0 Å². The molecule has 0 N–H and O–H groups in total. The lowest BCUT2D eigenvalue weighted by Crippen LogP contribution is -1.88. The highest BCUT2D eigenvalue weighted by Crippen LogP contribution is 2.36. The highest BCUT2D eigenvalue weighted by atomic mass is 32.2. The van der Waals surface area contributed by atoms with Crippen LogP contribution in [0.3, 0.4) is 0 Å². The second kappa shape index (κ2) is 6.58. The summed E-state index contributed by atoms with van der Waals surface area (Å²) in [5.74, 6) is 1.55. The first-order chi connectivity index (χ1) is 11.8. The maximum Gasteiger partial charge on any atom is 0.277 e. The van der Waals surface area contributed by atoms with E-state index in [1.807, 2.05) is 54.8 Å². The number of benzene rings is 1. The Bertz CT molecular complexity index is 919. The van der Waals surface area contributed by atoms with Gasteiger partial charge in [-0.15, -0.1) is 31.7 Å². The number of aromatic nitrogens is 4. The molecule has 0 amide bonds. The summed E-state index contributed by atoms with van der Waals surface area (Å²) < 4.78 is 11.4. The van der Waals surface area contributed by atoms with Gasteiger partial charge in [0.1, 0.15) is 0 Å². The standard InChI is InChI=1S/C16H12N4O2S2/c1-10(13-17-18-14(21-13)11-6-3-2-4-7-11)24-16-20-19-15(22-16)12-8-5-9-23-12/h2-10H,1H3. The Morgan fingerprint density at radius 1 is 0.917 bits per heavy atom.